The van der Waals surface area contributed by atoms with E-state index in [0.29, 0.717) is 17.1 Å². The number of hydrogen-bond donors (Lipinski definition) is 0. The minimum atomic E-state index is -3.93. The number of benzene rings is 2. The maximum Gasteiger partial charge on any atom is 0.310 e. The zero-order valence-electron chi connectivity index (χ0n) is 19.7. The number of nitrogens with zero attached hydrogens (tertiary/aromatic N) is 2. The molecule has 0 bridgehead atoms. The maximum atomic E-state index is 13.6. The van der Waals surface area contributed by atoms with Crippen molar-refractivity contribution in [2.24, 2.45) is 0 Å². The minimum Gasteiger partial charge on any atom is -0.497 e. The molecule has 3 aromatic rings. The summed E-state index contributed by atoms with van der Waals surface area (Å²) in [6.45, 7) is 3.73. The molecular weight excluding hydrogens is 512 g/mol. The van der Waals surface area contributed by atoms with Crippen molar-refractivity contribution >= 4 is 37.5 Å². The number of rotatable bonds is 11. The summed E-state index contributed by atoms with van der Waals surface area (Å²) in [5, 5.41) is 4.10. The molecule has 0 atom stereocenters. The molecule has 0 saturated heterocycles. The zero-order chi connectivity index (χ0) is 25.8. The van der Waals surface area contributed by atoms with Crippen LogP contribution in [0.25, 0.3) is 0 Å². The van der Waals surface area contributed by atoms with Crippen LogP contribution in [0.3, 0.4) is 0 Å². The van der Waals surface area contributed by atoms with E-state index >= 15 is 0 Å². The quantitative estimate of drug-likeness (QED) is 0.265. The highest BCUT2D eigenvalue weighted by molar-refractivity contribution is 7.99. The second-order valence-corrected chi connectivity index (χ2v) is 12.4. The smallest absolute Gasteiger partial charge is 0.310 e. The highest BCUT2D eigenvalue weighted by atomic mass is 32.2. The predicted molar refractivity (Wildman–Crippen MR) is 133 cm³/mol. The van der Waals surface area contributed by atoms with Crippen LogP contribution in [0.5, 0.6) is 11.6 Å². The van der Waals surface area contributed by atoms with Gasteiger partial charge < -0.3 is 8.92 Å². The van der Waals surface area contributed by atoms with Crippen molar-refractivity contribution in [3.63, 3.8) is 0 Å². The molecule has 0 N–H and O–H groups in total. The van der Waals surface area contributed by atoms with E-state index in [-0.39, 0.29) is 34.2 Å². The second kappa shape index (κ2) is 10.8. The molecule has 0 unspecified atom stereocenters. The van der Waals surface area contributed by atoms with E-state index in [4.69, 9.17) is 8.92 Å². The Bertz CT molecular complexity index is 1430. The van der Waals surface area contributed by atoms with Crippen LogP contribution < -0.4 is 8.92 Å². The van der Waals surface area contributed by atoms with Gasteiger partial charge in [-0.2, -0.15) is 13.5 Å². The molecule has 0 radical (unpaired) electrons. The molecule has 1 heterocycles. The zero-order valence-corrected chi connectivity index (χ0v) is 22.2. The third kappa shape index (κ3) is 6.44. The molecule has 0 aliphatic rings. The largest absolute Gasteiger partial charge is 0.497 e. The van der Waals surface area contributed by atoms with Crippen LogP contribution in [0.2, 0.25) is 0 Å². The molecule has 188 valence electrons. The molecule has 0 fully saturated rings. The first-order valence-corrected chi connectivity index (χ1v) is 15.0. The van der Waals surface area contributed by atoms with Gasteiger partial charge in [-0.05, 0) is 55.8 Å². The Labute approximate surface area is 209 Å². The van der Waals surface area contributed by atoms with Gasteiger partial charge in [-0.15, -0.1) is 0 Å². The Morgan fingerprint density at radius 1 is 1.03 bits per heavy atom. The van der Waals surface area contributed by atoms with Crippen molar-refractivity contribution in [3.05, 3.63) is 59.8 Å². The summed E-state index contributed by atoms with van der Waals surface area (Å²) in [5.74, 6) is -0.268. The van der Waals surface area contributed by atoms with Crippen LogP contribution in [0, 0.1) is 0 Å². The molecule has 35 heavy (non-hydrogen) atoms. The van der Waals surface area contributed by atoms with Crippen LogP contribution >= 0.6 is 11.8 Å². The van der Waals surface area contributed by atoms with Crippen molar-refractivity contribution in [2.45, 2.75) is 41.5 Å². The average Bonchev–Trinajstić information content (AvgIpc) is 3.20. The van der Waals surface area contributed by atoms with E-state index in [2.05, 4.69) is 5.10 Å². The highest BCUT2D eigenvalue weighted by Gasteiger charge is 2.27. The first kappa shape index (κ1) is 26.8. The molecule has 0 aliphatic carbocycles. The Balaban J connectivity index is 2.10. The third-order valence-corrected chi connectivity index (χ3v) is 8.40. The summed E-state index contributed by atoms with van der Waals surface area (Å²) >= 11 is 1.20. The van der Waals surface area contributed by atoms with Crippen LogP contribution in [0.1, 0.15) is 36.2 Å². The molecular formula is C23H26N2O7S3. The first-order valence-electron chi connectivity index (χ1n) is 10.7. The number of ether oxygens (including phenoxy) is 1. The Hall–Kier alpha value is -2.83. The minimum absolute atomic E-state index is 0.0322. The molecule has 0 saturated carbocycles. The molecule has 2 aromatic carbocycles. The van der Waals surface area contributed by atoms with E-state index < -0.39 is 25.7 Å². The number of aryl methyl sites for hydroxylation is 1. The Morgan fingerprint density at radius 3 is 2.29 bits per heavy atom. The van der Waals surface area contributed by atoms with Crippen molar-refractivity contribution < 1.29 is 30.6 Å². The number of hydrogen-bond acceptors (Lipinski definition) is 9. The molecule has 12 heteroatoms. The average molecular weight is 539 g/mol. The lowest BCUT2D eigenvalue weighted by atomic mass is 10.1. The normalized spacial score (nSPS) is 11.9. The van der Waals surface area contributed by atoms with Crippen LogP contribution in [-0.2, 0) is 26.5 Å². The number of sulfone groups is 1. The van der Waals surface area contributed by atoms with Gasteiger partial charge in [0, 0.05) is 28.2 Å². The lowest BCUT2D eigenvalue weighted by molar-refractivity contribution is 0.103. The van der Waals surface area contributed by atoms with Crippen LogP contribution in [-0.4, -0.2) is 51.5 Å². The summed E-state index contributed by atoms with van der Waals surface area (Å²) in [6.07, 6.45) is 2.69. The summed E-state index contributed by atoms with van der Waals surface area (Å²) in [4.78, 5) is 14.8. The highest BCUT2D eigenvalue weighted by Crippen LogP contribution is 2.35. The summed E-state index contributed by atoms with van der Waals surface area (Å²) in [5.41, 5.74) is 0.154. The first-order chi connectivity index (χ1) is 16.5. The summed E-state index contributed by atoms with van der Waals surface area (Å²) < 4.78 is 60.8. The lowest BCUT2D eigenvalue weighted by Gasteiger charge is -2.12. The standard InChI is InChI=1S/C23H26N2O7S3/c1-5-13-35(29,30)32-23-20(15-24-25(23)6-2)22(26)19-12-11-18(34(4,27)28)14-21(19)33-17-9-7-16(31-3)8-10-17/h7-12,14-15H,5-6,13H2,1-4H3. The van der Waals surface area contributed by atoms with Crippen molar-refractivity contribution in [1.29, 1.82) is 0 Å². The molecule has 9 nitrogen and oxygen atoms in total. The Morgan fingerprint density at radius 2 is 1.71 bits per heavy atom. The molecule has 0 spiro atoms. The second-order valence-electron chi connectivity index (χ2n) is 7.56. The van der Waals surface area contributed by atoms with Gasteiger partial charge in [0.05, 0.1) is 24.0 Å². The van der Waals surface area contributed by atoms with Gasteiger partial charge >= 0.3 is 10.1 Å². The molecule has 3 rings (SSSR count). The number of methoxy groups -OCH3 is 1. The fraction of sp³-hybridized carbons (Fsp3) is 0.304. The maximum absolute atomic E-state index is 13.6. The van der Waals surface area contributed by atoms with E-state index in [9.17, 15) is 21.6 Å². The fourth-order valence-electron chi connectivity index (χ4n) is 3.18. The molecule has 1 aromatic heterocycles. The monoisotopic (exact) mass is 538 g/mol. The predicted octanol–water partition coefficient (Wildman–Crippen LogP) is 3.82. The molecule has 0 amide bonds. The number of carbonyl (C=O) groups excluding carboxylic acids is 1. The van der Waals surface area contributed by atoms with Gasteiger partial charge in [-0.25, -0.2) is 13.1 Å². The van der Waals surface area contributed by atoms with Gasteiger partial charge in [-0.3, -0.25) is 4.79 Å². The Kier molecular flexibility index (Phi) is 8.29. The van der Waals surface area contributed by atoms with Crippen molar-refractivity contribution in [1.82, 2.24) is 9.78 Å². The van der Waals surface area contributed by atoms with E-state index in [0.717, 1.165) is 11.2 Å². The topological polar surface area (TPSA) is 122 Å². The van der Waals surface area contributed by atoms with Gasteiger partial charge in [0.25, 0.3) is 0 Å². The van der Waals surface area contributed by atoms with Gasteiger partial charge in [0.2, 0.25) is 11.7 Å². The van der Waals surface area contributed by atoms with Crippen molar-refractivity contribution in [2.75, 3.05) is 19.1 Å². The van der Waals surface area contributed by atoms with Gasteiger partial charge in [0.1, 0.15) is 11.3 Å². The number of ketones is 1. The van der Waals surface area contributed by atoms with Crippen molar-refractivity contribution in [3.8, 4) is 11.6 Å². The number of aromatic nitrogens is 2. The lowest BCUT2D eigenvalue weighted by Crippen LogP contribution is -2.17. The fourth-order valence-corrected chi connectivity index (χ4v) is 5.88. The molecule has 0 aliphatic heterocycles. The summed E-state index contributed by atoms with van der Waals surface area (Å²) in [6, 6.07) is 11.3. The van der Waals surface area contributed by atoms with E-state index in [1.165, 1.54) is 40.8 Å². The van der Waals surface area contributed by atoms with E-state index in [1.807, 2.05) is 0 Å². The number of carbonyl (C=O) groups is 1. The third-order valence-electron chi connectivity index (χ3n) is 4.91. The van der Waals surface area contributed by atoms with Crippen LogP contribution in [0.4, 0.5) is 0 Å². The van der Waals surface area contributed by atoms with Crippen LogP contribution in [0.15, 0.2) is 63.3 Å². The SMILES string of the molecule is CCCS(=O)(=O)Oc1c(C(=O)c2ccc(S(C)(=O)=O)cc2Sc2ccc(OC)cc2)cnn1CC. The van der Waals surface area contributed by atoms with E-state index in [1.54, 1.807) is 45.2 Å². The van der Waals surface area contributed by atoms with Gasteiger partial charge in [-0.1, -0.05) is 18.7 Å². The van der Waals surface area contributed by atoms with Gasteiger partial charge in [0.15, 0.2) is 9.84 Å². The summed E-state index contributed by atoms with van der Waals surface area (Å²) in [7, 11) is -5.92.